The first-order valence-electron chi connectivity index (χ1n) is 3.92. The van der Waals surface area contributed by atoms with Crippen LogP contribution in [-0.4, -0.2) is 21.5 Å². The van der Waals surface area contributed by atoms with Gasteiger partial charge in [-0.05, 0) is 11.6 Å². The second kappa shape index (κ2) is 4.94. The molecule has 0 amide bonds. The largest absolute Gasteiger partial charge is 0.574 e. The molecular weight excluding hydrogens is 304 g/mol. The minimum Gasteiger partial charge on any atom is -0.381 e. The quantitative estimate of drug-likeness (QED) is 0.487. The maximum absolute atomic E-state index is 12.0. The van der Waals surface area contributed by atoms with Gasteiger partial charge in [-0.2, -0.15) is 0 Å². The first-order chi connectivity index (χ1) is 8.13. The number of halogens is 5. The Hall–Kier alpha value is -1.61. The number of hydrogen-bond donors (Lipinski definition) is 0. The molecule has 1 rings (SSSR count). The topological polar surface area (TPSA) is 82.3 Å². The van der Waals surface area contributed by atoms with Crippen LogP contribution in [0.3, 0.4) is 0 Å². The number of carbonyl (C=O) groups is 1. The Morgan fingerprint density at radius 3 is 2.44 bits per heavy atom. The van der Waals surface area contributed by atoms with E-state index in [9.17, 15) is 28.1 Å². The Labute approximate surface area is 106 Å². The molecule has 6 nitrogen and oxygen atoms in total. The van der Waals surface area contributed by atoms with Crippen LogP contribution in [0.15, 0.2) is 6.20 Å². The van der Waals surface area contributed by atoms with E-state index in [0.29, 0.717) is 6.20 Å². The Kier molecular flexibility index (Phi) is 3.97. The number of carbonyl (C=O) groups excluding carboxylic acids is 1. The zero-order valence-electron chi connectivity index (χ0n) is 7.99. The second-order valence-corrected chi connectivity index (χ2v) is 3.44. The molecule has 0 saturated heterocycles. The third kappa shape index (κ3) is 3.20. The number of ether oxygens (including phenoxy) is 1. The van der Waals surface area contributed by atoms with Crippen molar-refractivity contribution in [3.63, 3.8) is 0 Å². The van der Waals surface area contributed by atoms with Gasteiger partial charge in [0.15, 0.2) is 0 Å². The van der Waals surface area contributed by atoms with Gasteiger partial charge in [0.05, 0.1) is 10.5 Å². The summed E-state index contributed by atoms with van der Waals surface area (Å²) in [5.41, 5.74) is -1.89. The minimum atomic E-state index is -5.19. The summed E-state index contributed by atoms with van der Waals surface area (Å²) in [6.07, 6.45) is -4.64. The van der Waals surface area contributed by atoms with Gasteiger partial charge in [0.2, 0.25) is 0 Å². The van der Waals surface area contributed by atoms with Gasteiger partial charge in [-0.3, -0.25) is 14.9 Å². The standard InChI is InChI=1S/C7HCl2F3N2O4/c8-3-2(5(9)15)1-13-6(4(3)14(16)17)18-7(10,11)12/h1H. The van der Waals surface area contributed by atoms with Crippen molar-refractivity contribution in [1.29, 1.82) is 0 Å². The molecule has 0 spiro atoms. The number of hydrogen-bond acceptors (Lipinski definition) is 5. The second-order valence-electron chi connectivity index (χ2n) is 2.72. The van der Waals surface area contributed by atoms with Crippen LogP contribution in [-0.2, 0) is 0 Å². The lowest BCUT2D eigenvalue weighted by Gasteiger charge is -2.09. The summed E-state index contributed by atoms with van der Waals surface area (Å²) in [6, 6.07) is 0. The van der Waals surface area contributed by atoms with Crippen LogP contribution >= 0.6 is 23.2 Å². The van der Waals surface area contributed by atoms with Crippen LogP contribution in [0.1, 0.15) is 10.4 Å². The van der Waals surface area contributed by atoms with Gasteiger partial charge in [-0.1, -0.05) is 11.6 Å². The minimum absolute atomic E-state index is 0.547. The van der Waals surface area contributed by atoms with E-state index in [1.54, 1.807) is 0 Å². The van der Waals surface area contributed by atoms with Gasteiger partial charge in [-0.15, -0.1) is 13.2 Å². The fourth-order valence-electron chi connectivity index (χ4n) is 0.942. The summed E-state index contributed by atoms with van der Waals surface area (Å²) in [5.74, 6) is -1.38. The Morgan fingerprint density at radius 1 is 1.50 bits per heavy atom. The van der Waals surface area contributed by atoms with E-state index in [0.717, 1.165) is 0 Å². The van der Waals surface area contributed by atoms with Gasteiger partial charge >= 0.3 is 17.9 Å². The molecule has 0 saturated carbocycles. The van der Waals surface area contributed by atoms with Crippen LogP contribution in [0, 0.1) is 10.1 Å². The van der Waals surface area contributed by atoms with Crippen molar-refractivity contribution in [2.75, 3.05) is 0 Å². The van der Waals surface area contributed by atoms with Crippen molar-refractivity contribution in [3.05, 3.63) is 26.9 Å². The molecule has 0 aromatic carbocycles. The fraction of sp³-hybridized carbons (Fsp3) is 0.143. The monoisotopic (exact) mass is 304 g/mol. The SMILES string of the molecule is O=C(Cl)c1cnc(OC(F)(F)F)c([N+](=O)[O-])c1Cl. The number of alkyl halides is 3. The van der Waals surface area contributed by atoms with Crippen LogP contribution in [0.5, 0.6) is 5.88 Å². The maximum Gasteiger partial charge on any atom is 0.574 e. The van der Waals surface area contributed by atoms with Crippen molar-refractivity contribution in [1.82, 2.24) is 4.98 Å². The number of nitro groups is 1. The maximum atomic E-state index is 12.0. The molecule has 0 aliphatic rings. The Balaban J connectivity index is 3.42. The van der Waals surface area contributed by atoms with Crippen LogP contribution < -0.4 is 4.74 Å². The average molecular weight is 305 g/mol. The first-order valence-corrected chi connectivity index (χ1v) is 4.67. The van der Waals surface area contributed by atoms with Crippen LogP contribution in [0.2, 0.25) is 5.02 Å². The molecule has 0 unspecified atom stereocenters. The summed E-state index contributed by atoms with van der Waals surface area (Å²) in [6.45, 7) is 0. The lowest BCUT2D eigenvalue weighted by molar-refractivity contribution is -0.389. The number of nitrogens with zero attached hydrogens (tertiary/aromatic N) is 2. The summed E-state index contributed by atoms with van der Waals surface area (Å²) in [4.78, 5) is 23.1. The first kappa shape index (κ1) is 14.5. The summed E-state index contributed by atoms with van der Waals surface area (Å²) in [7, 11) is 0. The van der Waals surface area contributed by atoms with E-state index in [1.165, 1.54) is 0 Å². The molecule has 0 fully saturated rings. The van der Waals surface area contributed by atoms with E-state index < -0.39 is 38.7 Å². The normalized spacial score (nSPS) is 11.2. The molecule has 98 valence electrons. The molecular formula is C7HCl2F3N2O4. The number of rotatable bonds is 3. The Morgan fingerprint density at radius 2 is 2.06 bits per heavy atom. The molecule has 0 radical (unpaired) electrons. The van der Waals surface area contributed by atoms with Gasteiger partial charge in [0.1, 0.15) is 5.02 Å². The molecule has 0 atom stereocenters. The summed E-state index contributed by atoms with van der Waals surface area (Å²) in [5, 5.41) is 8.50. The number of aromatic nitrogens is 1. The molecule has 1 aromatic heterocycles. The lowest BCUT2D eigenvalue weighted by Crippen LogP contribution is -2.19. The molecule has 18 heavy (non-hydrogen) atoms. The van der Waals surface area contributed by atoms with Gasteiger partial charge < -0.3 is 4.74 Å². The highest BCUT2D eigenvalue weighted by atomic mass is 35.5. The fourth-order valence-corrected chi connectivity index (χ4v) is 1.42. The van der Waals surface area contributed by atoms with E-state index in [-0.39, 0.29) is 0 Å². The smallest absolute Gasteiger partial charge is 0.381 e. The molecule has 11 heteroatoms. The van der Waals surface area contributed by atoms with E-state index in [4.69, 9.17) is 23.2 Å². The van der Waals surface area contributed by atoms with Crippen molar-refractivity contribution >= 4 is 34.1 Å². The predicted molar refractivity (Wildman–Crippen MR) is 52.8 cm³/mol. The zero-order chi connectivity index (χ0) is 14.1. The predicted octanol–water partition coefficient (Wildman–Crippen LogP) is 2.92. The summed E-state index contributed by atoms with van der Waals surface area (Å²) < 4.78 is 39.2. The Bertz CT molecular complexity index is 520. The van der Waals surface area contributed by atoms with E-state index in [2.05, 4.69) is 9.72 Å². The van der Waals surface area contributed by atoms with Crippen LogP contribution in [0.4, 0.5) is 18.9 Å². The third-order valence-electron chi connectivity index (χ3n) is 1.56. The van der Waals surface area contributed by atoms with Gasteiger partial charge in [0.25, 0.3) is 5.24 Å². The van der Waals surface area contributed by atoms with E-state index in [1.807, 2.05) is 0 Å². The van der Waals surface area contributed by atoms with E-state index >= 15 is 0 Å². The molecule has 0 aliphatic carbocycles. The molecule has 0 aliphatic heterocycles. The van der Waals surface area contributed by atoms with Gasteiger partial charge in [0, 0.05) is 6.20 Å². The molecule has 1 aromatic rings. The van der Waals surface area contributed by atoms with Gasteiger partial charge in [-0.25, -0.2) is 4.98 Å². The molecule has 1 heterocycles. The highest BCUT2D eigenvalue weighted by Crippen LogP contribution is 2.37. The molecule has 0 bridgehead atoms. The van der Waals surface area contributed by atoms with Crippen molar-refractivity contribution in [2.45, 2.75) is 6.36 Å². The van der Waals surface area contributed by atoms with Crippen molar-refractivity contribution in [2.24, 2.45) is 0 Å². The zero-order valence-corrected chi connectivity index (χ0v) is 9.51. The highest BCUT2D eigenvalue weighted by molar-refractivity contribution is 6.68. The molecule has 0 N–H and O–H groups in total. The van der Waals surface area contributed by atoms with Crippen LogP contribution in [0.25, 0.3) is 0 Å². The van der Waals surface area contributed by atoms with Crippen molar-refractivity contribution < 1.29 is 27.6 Å². The lowest BCUT2D eigenvalue weighted by atomic mass is 10.3. The third-order valence-corrected chi connectivity index (χ3v) is 2.15. The summed E-state index contributed by atoms with van der Waals surface area (Å²) >= 11 is 10.4. The van der Waals surface area contributed by atoms with Crippen molar-refractivity contribution in [3.8, 4) is 5.88 Å². The highest BCUT2D eigenvalue weighted by Gasteiger charge is 2.37. The average Bonchev–Trinajstić information content (AvgIpc) is 2.13. The number of pyridine rings is 1.